The van der Waals surface area contributed by atoms with Crippen molar-refractivity contribution in [2.45, 2.75) is 20.3 Å². The van der Waals surface area contributed by atoms with Crippen LogP contribution in [0.25, 0.3) is 0 Å². The van der Waals surface area contributed by atoms with Gasteiger partial charge >= 0.3 is 5.97 Å². The zero-order chi connectivity index (χ0) is 14.4. The van der Waals surface area contributed by atoms with Crippen molar-refractivity contribution in [3.63, 3.8) is 0 Å². The van der Waals surface area contributed by atoms with Crippen molar-refractivity contribution < 1.29 is 14.5 Å². The summed E-state index contributed by atoms with van der Waals surface area (Å²) in [5, 5.41) is 10.8. The Labute approximate surface area is 112 Å². The molecule has 1 aromatic rings. The zero-order valence-electron chi connectivity index (χ0n) is 11.4. The first kappa shape index (κ1) is 14.9. The number of hydrogen-bond acceptors (Lipinski definition) is 5. The fraction of sp³-hybridized carbons (Fsp3) is 0.462. The highest BCUT2D eigenvalue weighted by Crippen LogP contribution is 2.24. The summed E-state index contributed by atoms with van der Waals surface area (Å²) >= 11 is 0. The molecule has 0 fully saturated rings. The van der Waals surface area contributed by atoms with Gasteiger partial charge < -0.3 is 9.64 Å². The number of esters is 1. The van der Waals surface area contributed by atoms with E-state index in [0.717, 1.165) is 12.1 Å². The summed E-state index contributed by atoms with van der Waals surface area (Å²) in [6, 6.07) is 4.84. The molecule has 1 aromatic carbocycles. The maximum atomic E-state index is 11.4. The summed E-state index contributed by atoms with van der Waals surface area (Å²) < 4.78 is 4.65. The van der Waals surface area contributed by atoms with Gasteiger partial charge in [-0.2, -0.15) is 0 Å². The van der Waals surface area contributed by atoms with Gasteiger partial charge in [-0.1, -0.05) is 6.92 Å². The molecule has 0 radical (unpaired) electrons. The van der Waals surface area contributed by atoms with Gasteiger partial charge in [-0.15, -0.1) is 0 Å². The maximum absolute atomic E-state index is 11.4. The third-order valence-corrected chi connectivity index (χ3v) is 2.78. The second-order valence-electron chi connectivity index (χ2n) is 4.23. The van der Waals surface area contributed by atoms with Gasteiger partial charge in [0.25, 0.3) is 5.69 Å². The van der Waals surface area contributed by atoms with Gasteiger partial charge in [0.15, 0.2) is 0 Å². The van der Waals surface area contributed by atoms with Crippen LogP contribution in [0.2, 0.25) is 0 Å². The number of nitrogens with zero attached hydrogens (tertiary/aromatic N) is 2. The molecule has 0 amide bonds. The van der Waals surface area contributed by atoms with E-state index in [4.69, 9.17) is 0 Å². The van der Waals surface area contributed by atoms with E-state index in [0.29, 0.717) is 12.1 Å². The molecule has 0 aromatic heterocycles. The highest BCUT2D eigenvalue weighted by molar-refractivity contribution is 5.76. The summed E-state index contributed by atoms with van der Waals surface area (Å²) in [4.78, 5) is 23.6. The summed E-state index contributed by atoms with van der Waals surface area (Å²) in [5.74, 6) is -0.329. The van der Waals surface area contributed by atoms with Gasteiger partial charge in [-0.3, -0.25) is 14.9 Å². The summed E-state index contributed by atoms with van der Waals surface area (Å²) in [6.45, 7) is 4.51. The normalized spacial score (nSPS) is 10.1. The van der Waals surface area contributed by atoms with Crippen LogP contribution < -0.4 is 4.90 Å². The van der Waals surface area contributed by atoms with Crippen molar-refractivity contribution in [1.82, 2.24) is 0 Å². The monoisotopic (exact) mass is 266 g/mol. The van der Waals surface area contributed by atoms with E-state index in [1.807, 2.05) is 11.8 Å². The molecule has 0 aliphatic carbocycles. The Morgan fingerprint density at radius 3 is 2.63 bits per heavy atom. The molecule has 0 saturated carbocycles. The van der Waals surface area contributed by atoms with Gasteiger partial charge in [-0.25, -0.2) is 0 Å². The van der Waals surface area contributed by atoms with Crippen LogP contribution in [0.3, 0.4) is 0 Å². The fourth-order valence-electron chi connectivity index (χ4n) is 1.83. The Balaban J connectivity index is 2.99. The number of ether oxygens (including phenoxy) is 1. The van der Waals surface area contributed by atoms with Crippen molar-refractivity contribution in [3.05, 3.63) is 33.9 Å². The lowest BCUT2D eigenvalue weighted by Crippen LogP contribution is -2.31. The Hall–Kier alpha value is -2.11. The average Bonchev–Trinajstić information content (AvgIpc) is 2.37. The Morgan fingerprint density at radius 2 is 2.16 bits per heavy atom. The van der Waals surface area contributed by atoms with Gasteiger partial charge in [-0.05, 0) is 25.5 Å². The standard InChI is InChI=1S/C13H18N2O4/c1-4-7-14(9-13(16)19-3)11-5-6-12(15(17)18)10(2)8-11/h5-6,8H,4,7,9H2,1-3H3. The molecule has 0 atom stereocenters. The summed E-state index contributed by atoms with van der Waals surface area (Å²) in [7, 11) is 1.34. The molecule has 0 aliphatic rings. The van der Waals surface area contributed by atoms with Crippen LogP contribution in [-0.2, 0) is 9.53 Å². The first-order valence-electron chi connectivity index (χ1n) is 6.06. The molecule has 6 heteroatoms. The average molecular weight is 266 g/mol. The minimum absolute atomic E-state index is 0.0817. The number of nitro groups is 1. The lowest BCUT2D eigenvalue weighted by Gasteiger charge is -2.23. The quantitative estimate of drug-likeness (QED) is 0.448. The third kappa shape index (κ3) is 3.94. The molecule has 0 unspecified atom stereocenters. The van der Waals surface area contributed by atoms with E-state index < -0.39 is 4.92 Å². The number of carbonyl (C=O) groups excluding carboxylic acids is 1. The van der Waals surface area contributed by atoms with Crippen molar-refractivity contribution in [3.8, 4) is 0 Å². The molecule has 0 saturated heterocycles. The number of benzene rings is 1. The molecular formula is C13H18N2O4. The van der Waals surface area contributed by atoms with E-state index in [9.17, 15) is 14.9 Å². The minimum Gasteiger partial charge on any atom is -0.468 e. The second kappa shape index (κ2) is 6.72. The van der Waals surface area contributed by atoms with Crippen LogP contribution in [-0.4, -0.2) is 31.1 Å². The van der Waals surface area contributed by atoms with Crippen LogP contribution in [0.4, 0.5) is 11.4 Å². The van der Waals surface area contributed by atoms with Crippen molar-refractivity contribution in [2.75, 3.05) is 25.1 Å². The minimum atomic E-state index is -0.413. The molecule has 0 aliphatic heterocycles. The lowest BCUT2D eigenvalue weighted by atomic mass is 10.1. The molecule has 0 bridgehead atoms. The molecule has 104 valence electrons. The lowest BCUT2D eigenvalue weighted by molar-refractivity contribution is -0.385. The smallest absolute Gasteiger partial charge is 0.325 e. The van der Waals surface area contributed by atoms with Crippen LogP contribution in [0.15, 0.2) is 18.2 Å². The number of rotatable bonds is 6. The molecule has 0 heterocycles. The van der Waals surface area contributed by atoms with Crippen LogP contribution >= 0.6 is 0 Å². The topological polar surface area (TPSA) is 72.7 Å². The van der Waals surface area contributed by atoms with Gasteiger partial charge in [0.1, 0.15) is 6.54 Å². The number of carbonyl (C=O) groups is 1. The van der Waals surface area contributed by atoms with Gasteiger partial charge in [0.2, 0.25) is 0 Å². The number of aryl methyl sites for hydroxylation is 1. The Kier molecular flexibility index (Phi) is 5.29. The SMILES string of the molecule is CCCN(CC(=O)OC)c1ccc([N+](=O)[O-])c(C)c1. The van der Waals surface area contributed by atoms with Crippen molar-refractivity contribution in [2.24, 2.45) is 0 Å². The number of hydrogen-bond donors (Lipinski definition) is 0. The summed E-state index contributed by atoms with van der Waals surface area (Å²) in [6.07, 6.45) is 0.868. The zero-order valence-corrected chi connectivity index (χ0v) is 11.4. The molecule has 6 nitrogen and oxygen atoms in total. The van der Waals surface area contributed by atoms with Gasteiger partial charge in [0.05, 0.1) is 12.0 Å². The number of nitro benzene ring substituents is 1. The van der Waals surface area contributed by atoms with E-state index in [-0.39, 0.29) is 18.2 Å². The van der Waals surface area contributed by atoms with E-state index in [2.05, 4.69) is 4.74 Å². The predicted octanol–water partition coefficient (Wildman–Crippen LogP) is 2.29. The number of anilines is 1. The van der Waals surface area contributed by atoms with Crippen LogP contribution in [0.1, 0.15) is 18.9 Å². The second-order valence-corrected chi connectivity index (χ2v) is 4.23. The summed E-state index contributed by atoms with van der Waals surface area (Å²) in [5.41, 5.74) is 1.45. The van der Waals surface area contributed by atoms with E-state index in [1.54, 1.807) is 19.1 Å². The molecular weight excluding hydrogens is 248 g/mol. The highest BCUT2D eigenvalue weighted by atomic mass is 16.6. The molecule has 19 heavy (non-hydrogen) atoms. The van der Waals surface area contributed by atoms with Crippen LogP contribution in [0, 0.1) is 17.0 Å². The van der Waals surface area contributed by atoms with Crippen molar-refractivity contribution >= 4 is 17.3 Å². The third-order valence-electron chi connectivity index (χ3n) is 2.78. The van der Waals surface area contributed by atoms with Crippen molar-refractivity contribution in [1.29, 1.82) is 0 Å². The van der Waals surface area contributed by atoms with Gasteiger partial charge in [0, 0.05) is 23.9 Å². The van der Waals surface area contributed by atoms with E-state index in [1.165, 1.54) is 13.2 Å². The molecule has 0 N–H and O–H groups in total. The maximum Gasteiger partial charge on any atom is 0.325 e. The molecule has 0 spiro atoms. The Bertz CT molecular complexity index is 474. The fourth-order valence-corrected chi connectivity index (χ4v) is 1.83. The Morgan fingerprint density at radius 1 is 1.47 bits per heavy atom. The van der Waals surface area contributed by atoms with Crippen LogP contribution in [0.5, 0.6) is 0 Å². The predicted molar refractivity (Wildman–Crippen MR) is 72.4 cm³/mol. The van der Waals surface area contributed by atoms with E-state index >= 15 is 0 Å². The number of methoxy groups -OCH3 is 1. The highest BCUT2D eigenvalue weighted by Gasteiger charge is 2.15. The molecule has 1 rings (SSSR count). The largest absolute Gasteiger partial charge is 0.468 e. The first-order chi connectivity index (χ1) is 8.99. The first-order valence-corrected chi connectivity index (χ1v) is 6.06.